The van der Waals surface area contributed by atoms with E-state index in [1.807, 2.05) is 0 Å². The van der Waals surface area contributed by atoms with Gasteiger partial charge in [0.25, 0.3) is 0 Å². The molecule has 0 bridgehead atoms. The summed E-state index contributed by atoms with van der Waals surface area (Å²) in [5.41, 5.74) is 6.59. The lowest BCUT2D eigenvalue weighted by Crippen LogP contribution is -2.28. The maximum absolute atomic E-state index is 6.71. The fourth-order valence-electron chi connectivity index (χ4n) is 4.37. The molecule has 0 spiro atoms. The third-order valence-corrected chi connectivity index (χ3v) is 8.14. The Bertz CT molecular complexity index is 1120. The van der Waals surface area contributed by atoms with Crippen molar-refractivity contribution in [2.24, 2.45) is 0 Å². The van der Waals surface area contributed by atoms with Crippen LogP contribution in [0, 0.1) is 6.92 Å². The van der Waals surface area contributed by atoms with Crippen molar-refractivity contribution in [1.29, 1.82) is 0 Å². The Morgan fingerprint density at radius 2 is 1.46 bits per heavy atom. The Hall–Kier alpha value is -2.31. The second kappa shape index (κ2) is 11.2. The molecule has 0 aliphatic heterocycles. The molecule has 0 amide bonds. The van der Waals surface area contributed by atoms with Crippen LogP contribution in [0.1, 0.15) is 77.6 Å². The molecule has 3 heteroatoms. The van der Waals surface area contributed by atoms with Crippen molar-refractivity contribution >= 4 is 24.9 Å². The van der Waals surface area contributed by atoms with Crippen LogP contribution < -0.4 is 20.2 Å². The van der Waals surface area contributed by atoms with Gasteiger partial charge in [0, 0.05) is 34.9 Å². The average molecular weight is 490 g/mol. The van der Waals surface area contributed by atoms with Crippen molar-refractivity contribution in [2.75, 3.05) is 18.0 Å². The van der Waals surface area contributed by atoms with Crippen molar-refractivity contribution in [3.63, 3.8) is 0 Å². The molecule has 188 valence electrons. The Morgan fingerprint density at radius 1 is 0.800 bits per heavy atom. The number of nitrogens with zero attached hydrogens (tertiary/aromatic N) is 1. The predicted molar refractivity (Wildman–Crippen MR) is 157 cm³/mol. The summed E-state index contributed by atoms with van der Waals surface area (Å²) < 4.78 is 6.71. The molecule has 0 radical (unpaired) electrons. The zero-order valence-corrected chi connectivity index (χ0v) is 24.3. The molecule has 1 atom stereocenters. The average Bonchev–Trinajstić information content (AvgIpc) is 2.80. The molecule has 3 aromatic rings. The second-order valence-corrected chi connectivity index (χ2v) is 12.7. The zero-order valence-electron chi connectivity index (χ0n) is 23.3. The van der Waals surface area contributed by atoms with E-state index in [1.54, 1.807) is 0 Å². The monoisotopic (exact) mass is 489 g/mol. The van der Waals surface area contributed by atoms with Crippen LogP contribution in [0.2, 0.25) is 0 Å². The minimum Gasteiger partial charge on any atom is -0.488 e. The van der Waals surface area contributed by atoms with E-state index >= 15 is 0 Å². The highest BCUT2D eigenvalue weighted by molar-refractivity contribution is 7.56. The number of ether oxygens (including phenoxy) is 1. The van der Waals surface area contributed by atoms with Crippen LogP contribution in [0.3, 0.4) is 0 Å². The molecule has 0 aliphatic rings. The minimum absolute atomic E-state index is 0.0278. The molecule has 0 heterocycles. The van der Waals surface area contributed by atoms with E-state index < -0.39 is 0 Å². The molecule has 3 rings (SSSR count). The van der Waals surface area contributed by atoms with Gasteiger partial charge < -0.3 is 9.64 Å². The van der Waals surface area contributed by atoms with E-state index in [0.29, 0.717) is 15.2 Å². The van der Waals surface area contributed by atoms with Crippen molar-refractivity contribution in [1.82, 2.24) is 0 Å². The van der Waals surface area contributed by atoms with E-state index in [-0.39, 0.29) is 10.8 Å². The van der Waals surface area contributed by atoms with Gasteiger partial charge in [-0.3, -0.25) is 0 Å². The molecule has 0 aromatic heterocycles. The highest BCUT2D eigenvalue weighted by atomic mass is 31.1. The van der Waals surface area contributed by atoms with Gasteiger partial charge in [0.15, 0.2) is 0 Å². The van der Waals surface area contributed by atoms with Gasteiger partial charge in [-0.15, -0.1) is 0 Å². The van der Waals surface area contributed by atoms with E-state index in [0.717, 1.165) is 18.8 Å². The number of rotatable bonds is 8. The molecule has 1 unspecified atom stereocenters. The normalized spacial score (nSPS) is 12.4. The summed E-state index contributed by atoms with van der Waals surface area (Å²) in [6.45, 7) is 23.1. The predicted octanol–water partition coefficient (Wildman–Crippen LogP) is 7.64. The molecule has 3 aromatic carbocycles. The smallest absolute Gasteiger partial charge is 0.131 e. The first kappa shape index (κ1) is 27.3. The Kier molecular flexibility index (Phi) is 8.71. The Labute approximate surface area is 215 Å². The van der Waals surface area contributed by atoms with Crippen molar-refractivity contribution in [3.8, 4) is 5.75 Å². The van der Waals surface area contributed by atoms with Gasteiger partial charge in [-0.2, -0.15) is 0 Å². The number of hydrogen-bond donors (Lipinski definition) is 0. The summed E-state index contributed by atoms with van der Waals surface area (Å²) in [5.74, 6) is 1.06. The second-order valence-electron chi connectivity index (χ2n) is 11.4. The van der Waals surface area contributed by atoms with E-state index in [9.17, 15) is 0 Å². The van der Waals surface area contributed by atoms with Crippen LogP contribution in [0.5, 0.6) is 5.75 Å². The first-order chi connectivity index (χ1) is 16.5. The van der Waals surface area contributed by atoms with E-state index in [4.69, 9.17) is 4.74 Å². The lowest BCUT2D eigenvalue weighted by atomic mass is 9.80. The van der Waals surface area contributed by atoms with Crippen LogP contribution in [0.25, 0.3) is 0 Å². The summed E-state index contributed by atoms with van der Waals surface area (Å²) in [6.07, 6.45) is 0. The molecular formula is C32H44NOP. The van der Waals surface area contributed by atoms with Crippen LogP contribution >= 0.6 is 8.58 Å². The summed E-state index contributed by atoms with van der Waals surface area (Å²) >= 11 is 0. The molecule has 0 saturated carbocycles. The van der Waals surface area contributed by atoms with Gasteiger partial charge in [0.2, 0.25) is 0 Å². The SMILES string of the molecule is CCN(CC)c1cccc(C)c1Pc1cc(C(C)(C)C)cc(C(C)(C)C)c1OCc1ccccc1. The fourth-order valence-corrected chi connectivity index (χ4v) is 5.84. The number of aryl methyl sites for hydroxylation is 1. The first-order valence-corrected chi connectivity index (χ1v) is 13.9. The number of hydrogen-bond acceptors (Lipinski definition) is 2. The van der Waals surface area contributed by atoms with E-state index in [1.165, 1.54) is 38.6 Å². The Balaban J connectivity index is 2.20. The molecule has 35 heavy (non-hydrogen) atoms. The molecule has 0 saturated heterocycles. The van der Waals surface area contributed by atoms with Gasteiger partial charge in [-0.25, -0.2) is 0 Å². The topological polar surface area (TPSA) is 12.5 Å². The minimum atomic E-state index is -0.0278. The van der Waals surface area contributed by atoms with Crippen molar-refractivity contribution in [3.05, 3.63) is 82.9 Å². The van der Waals surface area contributed by atoms with Crippen LogP contribution in [0.4, 0.5) is 5.69 Å². The molecule has 0 fully saturated rings. The number of anilines is 1. The highest BCUT2D eigenvalue weighted by Crippen LogP contribution is 2.38. The molecular weight excluding hydrogens is 445 g/mol. The van der Waals surface area contributed by atoms with Gasteiger partial charge in [0.1, 0.15) is 12.4 Å². The maximum atomic E-state index is 6.71. The quantitative estimate of drug-likeness (QED) is 0.301. The van der Waals surface area contributed by atoms with Gasteiger partial charge in [-0.05, 0) is 60.4 Å². The number of benzene rings is 3. The zero-order chi connectivity index (χ0) is 25.8. The lowest BCUT2D eigenvalue weighted by Gasteiger charge is -2.30. The van der Waals surface area contributed by atoms with Crippen LogP contribution in [0.15, 0.2) is 60.7 Å². The molecule has 0 N–H and O–H groups in total. The molecule has 2 nitrogen and oxygen atoms in total. The largest absolute Gasteiger partial charge is 0.488 e. The standard InChI is InChI=1S/C32H44NOP/c1-10-33(11-2)27-19-15-16-23(3)30(27)35-28-21-25(31(4,5)6)20-26(32(7,8)9)29(28)34-22-24-17-13-12-14-18-24/h12-21,35H,10-11,22H2,1-9H3. The summed E-state index contributed by atoms with van der Waals surface area (Å²) in [5, 5.41) is 2.73. The maximum Gasteiger partial charge on any atom is 0.131 e. The van der Waals surface area contributed by atoms with Crippen molar-refractivity contribution < 1.29 is 4.74 Å². The first-order valence-electron chi connectivity index (χ1n) is 12.9. The third kappa shape index (κ3) is 6.68. The molecule has 0 aliphatic carbocycles. The summed E-state index contributed by atoms with van der Waals surface area (Å²) in [4.78, 5) is 2.47. The van der Waals surface area contributed by atoms with Crippen LogP contribution in [-0.4, -0.2) is 13.1 Å². The Morgan fingerprint density at radius 3 is 2.03 bits per heavy atom. The fraction of sp³-hybridized carbons (Fsp3) is 0.438. The van der Waals surface area contributed by atoms with Gasteiger partial charge in [0.05, 0.1) is 0 Å². The van der Waals surface area contributed by atoms with Gasteiger partial charge in [-0.1, -0.05) is 98.7 Å². The third-order valence-electron chi connectivity index (χ3n) is 6.60. The summed E-state index contributed by atoms with van der Waals surface area (Å²) in [7, 11) is 0.524. The highest BCUT2D eigenvalue weighted by Gasteiger charge is 2.27. The lowest BCUT2D eigenvalue weighted by molar-refractivity contribution is 0.300. The van der Waals surface area contributed by atoms with E-state index in [2.05, 4.69) is 128 Å². The summed E-state index contributed by atoms with van der Waals surface area (Å²) in [6, 6.07) is 22.0. The van der Waals surface area contributed by atoms with Gasteiger partial charge >= 0.3 is 0 Å². The van der Waals surface area contributed by atoms with Crippen LogP contribution in [-0.2, 0) is 17.4 Å². The van der Waals surface area contributed by atoms with Crippen molar-refractivity contribution in [2.45, 2.75) is 79.8 Å².